The Morgan fingerprint density at radius 3 is 2.89 bits per heavy atom. The number of anilines is 2. The molecule has 94 valence electrons. The molecule has 0 spiro atoms. The molecule has 4 nitrogen and oxygen atoms in total. The SMILES string of the molecule is Cl.Nc1nc(-c2ccc3c(c2)CCC(=O)N3)cs1. The van der Waals surface area contributed by atoms with E-state index in [0.29, 0.717) is 11.6 Å². The summed E-state index contributed by atoms with van der Waals surface area (Å²) in [5, 5.41) is 5.38. The maximum atomic E-state index is 11.2. The van der Waals surface area contributed by atoms with Gasteiger partial charge in [-0.3, -0.25) is 4.79 Å². The van der Waals surface area contributed by atoms with E-state index in [9.17, 15) is 4.79 Å². The fraction of sp³-hybridized carbons (Fsp3) is 0.167. The monoisotopic (exact) mass is 281 g/mol. The fourth-order valence-electron chi connectivity index (χ4n) is 1.96. The van der Waals surface area contributed by atoms with Crippen LogP contribution in [0.15, 0.2) is 23.6 Å². The average Bonchev–Trinajstić information content (AvgIpc) is 2.75. The van der Waals surface area contributed by atoms with Gasteiger partial charge in [0, 0.05) is 23.1 Å². The lowest BCUT2D eigenvalue weighted by molar-refractivity contribution is -0.116. The van der Waals surface area contributed by atoms with Gasteiger partial charge in [0.25, 0.3) is 0 Å². The first-order valence-electron chi connectivity index (χ1n) is 5.36. The summed E-state index contributed by atoms with van der Waals surface area (Å²) in [6, 6.07) is 5.96. The largest absolute Gasteiger partial charge is 0.375 e. The zero-order valence-electron chi connectivity index (χ0n) is 9.47. The summed E-state index contributed by atoms with van der Waals surface area (Å²) >= 11 is 1.43. The minimum absolute atomic E-state index is 0. The van der Waals surface area contributed by atoms with Gasteiger partial charge in [-0.2, -0.15) is 0 Å². The van der Waals surface area contributed by atoms with E-state index in [2.05, 4.69) is 16.4 Å². The number of nitrogens with two attached hydrogens (primary N) is 1. The first kappa shape index (κ1) is 12.9. The number of hydrogen-bond acceptors (Lipinski definition) is 4. The second-order valence-electron chi connectivity index (χ2n) is 3.99. The summed E-state index contributed by atoms with van der Waals surface area (Å²) in [6.07, 6.45) is 1.34. The molecule has 1 aliphatic heterocycles. The van der Waals surface area contributed by atoms with Gasteiger partial charge in [0.2, 0.25) is 5.91 Å². The van der Waals surface area contributed by atoms with Crippen molar-refractivity contribution in [1.82, 2.24) is 4.98 Å². The van der Waals surface area contributed by atoms with Crippen molar-refractivity contribution < 1.29 is 4.79 Å². The average molecular weight is 282 g/mol. The first-order valence-corrected chi connectivity index (χ1v) is 6.24. The fourth-order valence-corrected chi connectivity index (χ4v) is 2.54. The van der Waals surface area contributed by atoms with E-state index in [1.807, 2.05) is 17.5 Å². The van der Waals surface area contributed by atoms with E-state index in [4.69, 9.17) is 5.73 Å². The molecule has 0 unspecified atom stereocenters. The summed E-state index contributed by atoms with van der Waals surface area (Å²) in [7, 11) is 0. The number of nitrogens with zero attached hydrogens (tertiary/aromatic N) is 1. The Balaban J connectivity index is 0.00000120. The Labute approximate surface area is 115 Å². The molecule has 1 aromatic heterocycles. The highest BCUT2D eigenvalue weighted by Gasteiger charge is 2.15. The molecule has 1 amide bonds. The van der Waals surface area contributed by atoms with Crippen molar-refractivity contribution in [2.45, 2.75) is 12.8 Å². The number of carbonyl (C=O) groups excluding carboxylic acids is 1. The zero-order valence-corrected chi connectivity index (χ0v) is 11.1. The predicted molar refractivity (Wildman–Crippen MR) is 76.2 cm³/mol. The van der Waals surface area contributed by atoms with Crippen molar-refractivity contribution in [2.24, 2.45) is 0 Å². The number of halogens is 1. The summed E-state index contributed by atoms with van der Waals surface area (Å²) in [5.41, 5.74) is 9.64. The van der Waals surface area contributed by atoms with Crippen LogP contribution in [0.5, 0.6) is 0 Å². The molecule has 0 bridgehead atoms. The lowest BCUT2D eigenvalue weighted by Gasteiger charge is -2.17. The van der Waals surface area contributed by atoms with Gasteiger partial charge in [-0.15, -0.1) is 23.7 Å². The Hall–Kier alpha value is -1.59. The zero-order chi connectivity index (χ0) is 11.8. The smallest absolute Gasteiger partial charge is 0.224 e. The molecule has 0 saturated carbocycles. The van der Waals surface area contributed by atoms with Crippen molar-refractivity contribution in [3.05, 3.63) is 29.1 Å². The molecule has 6 heteroatoms. The van der Waals surface area contributed by atoms with E-state index in [-0.39, 0.29) is 18.3 Å². The van der Waals surface area contributed by atoms with Crippen molar-refractivity contribution in [1.29, 1.82) is 0 Å². The van der Waals surface area contributed by atoms with Crippen molar-refractivity contribution in [3.63, 3.8) is 0 Å². The second kappa shape index (κ2) is 4.96. The molecule has 1 aliphatic rings. The van der Waals surface area contributed by atoms with Gasteiger partial charge >= 0.3 is 0 Å². The van der Waals surface area contributed by atoms with Crippen LogP contribution in [-0.2, 0) is 11.2 Å². The van der Waals surface area contributed by atoms with Crippen LogP contribution in [0.4, 0.5) is 10.8 Å². The molecule has 0 fully saturated rings. The molecule has 0 atom stereocenters. The van der Waals surface area contributed by atoms with Crippen LogP contribution in [0.1, 0.15) is 12.0 Å². The molecule has 3 N–H and O–H groups in total. The van der Waals surface area contributed by atoms with Crippen LogP contribution < -0.4 is 11.1 Å². The van der Waals surface area contributed by atoms with Crippen molar-refractivity contribution >= 4 is 40.5 Å². The van der Waals surface area contributed by atoms with E-state index < -0.39 is 0 Å². The topological polar surface area (TPSA) is 68.0 Å². The number of fused-ring (bicyclic) bond motifs is 1. The van der Waals surface area contributed by atoms with E-state index in [1.165, 1.54) is 11.3 Å². The van der Waals surface area contributed by atoms with Crippen LogP contribution in [0.25, 0.3) is 11.3 Å². The first-order chi connectivity index (χ1) is 8.22. The third-order valence-electron chi connectivity index (χ3n) is 2.82. The third kappa shape index (κ3) is 2.32. The number of carbonyl (C=O) groups is 1. The molecule has 1 aromatic carbocycles. The summed E-state index contributed by atoms with van der Waals surface area (Å²) < 4.78 is 0. The van der Waals surface area contributed by atoms with Gasteiger partial charge in [0.1, 0.15) is 0 Å². The number of aryl methyl sites for hydroxylation is 1. The summed E-state index contributed by atoms with van der Waals surface area (Å²) in [6.45, 7) is 0. The minimum Gasteiger partial charge on any atom is -0.375 e. The van der Waals surface area contributed by atoms with Crippen LogP contribution in [0.2, 0.25) is 0 Å². The molecule has 18 heavy (non-hydrogen) atoms. The number of thiazole rings is 1. The predicted octanol–water partition coefficient (Wildman–Crippen LogP) is 2.70. The maximum absolute atomic E-state index is 11.2. The highest BCUT2D eigenvalue weighted by molar-refractivity contribution is 7.13. The number of nitrogen functional groups attached to an aromatic ring is 1. The van der Waals surface area contributed by atoms with Crippen LogP contribution >= 0.6 is 23.7 Å². The number of nitrogens with one attached hydrogen (secondary N) is 1. The highest BCUT2D eigenvalue weighted by Crippen LogP contribution is 2.29. The van der Waals surface area contributed by atoms with E-state index in [0.717, 1.165) is 28.9 Å². The minimum atomic E-state index is 0. The van der Waals surface area contributed by atoms with Crippen molar-refractivity contribution in [3.8, 4) is 11.3 Å². The van der Waals surface area contributed by atoms with Gasteiger partial charge in [-0.05, 0) is 24.1 Å². The highest BCUT2D eigenvalue weighted by atomic mass is 35.5. The van der Waals surface area contributed by atoms with Crippen LogP contribution in [0.3, 0.4) is 0 Å². The summed E-state index contributed by atoms with van der Waals surface area (Å²) in [4.78, 5) is 15.5. The Morgan fingerprint density at radius 2 is 2.17 bits per heavy atom. The molecule has 0 aliphatic carbocycles. The lowest BCUT2D eigenvalue weighted by Crippen LogP contribution is -2.18. The Kier molecular flexibility index (Phi) is 3.54. The van der Waals surface area contributed by atoms with Crippen LogP contribution in [-0.4, -0.2) is 10.9 Å². The molecular formula is C12H12ClN3OS. The lowest BCUT2D eigenvalue weighted by atomic mass is 9.99. The van der Waals surface area contributed by atoms with E-state index >= 15 is 0 Å². The molecule has 0 radical (unpaired) electrons. The molecule has 0 saturated heterocycles. The number of rotatable bonds is 1. The molecule has 2 aromatic rings. The number of aromatic nitrogens is 1. The van der Waals surface area contributed by atoms with Gasteiger partial charge in [-0.1, -0.05) is 6.07 Å². The molecule has 2 heterocycles. The molecular weight excluding hydrogens is 270 g/mol. The third-order valence-corrected chi connectivity index (χ3v) is 3.49. The van der Waals surface area contributed by atoms with Gasteiger partial charge in [-0.25, -0.2) is 4.98 Å². The van der Waals surface area contributed by atoms with Gasteiger partial charge in [0.05, 0.1) is 5.69 Å². The number of benzene rings is 1. The second-order valence-corrected chi connectivity index (χ2v) is 4.88. The Morgan fingerprint density at radius 1 is 1.33 bits per heavy atom. The normalized spacial score (nSPS) is 13.4. The van der Waals surface area contributed by atoms with Gasteiger partial charge in [0.15, 0.2) is 5.13 Å². The standard InChI is InChI=1S/C12H11N3OS.ClH/c13-12-15-10(6-17-12)8-1-3-9-7(5-8)2-4-11(16)14-9;/h1,3,5-6H,2,4H2,(H2,13,15)(H,14,16);1H. The Bertz CT molecular complexity index is 597. The number of amides is 1. The number of hydrogen-bond donors (Lipinski definition) is 2. The van der Waals surface area contributed by atoms with Gasteiger partial charge < -0.3 is 11.1 Å². The quantitative estimate of drug-likeness (QED) is 0.844. The van der Waals surface area contributed by atoms with Crippen molar-refractivity contribution in [2.75, 3.05) is 11.1 Å². The van der Waals surface area contributed by atoms with Crippen LogP contribution in [0, 0.1) is 0 Å². The molecule has 3 rings (SSSR count). The van der Waals surface area contributed by atoms with E-state index in [1.54, 1.807) is 0 Å². The maximum Gasteiger partial charge on any atom is 0.224 e. The summed E-state index contributed by atoms with van der Waals surface area (Å²) in [5.74, 6) is 0.0863.